The van der Waals surface area contributed by atoms with Crippen LogP contribution in [0.4, 0.5) is 0 Å². The van der Waals surface area contributed by atoms with Crippen molar-refractivity contribution in [1.82, 2.24) is 0 Å². The van der Waals surface area contributed by atoms with Crippen LogP contribution in [-0.4, -0.2) is 97.5 Å². The molecule has 0 bridgehead atoms. The zero-order valence-electron chi connectivity index (χ0n) is 38.7. The number of allylic oxidation sites excluding steroid dienone is 8. The van der Waals surface area contributed by atoms with E-state index in [-0.39, 0.29) is 19.6 Å². The predicted molar refractivity (Wildman–Crippen MR) is 248 cm³/mol. The largest absolute Gasteiger partial charge is 0.457 e. The van der Waals surface area contributed by atoms with Crippen LogP contribution in [0.15, 0.2) is 48.6 Å². The highest BCUT2D eigenvalue weighted by Crippen LogP contribution is 2.26. The summed E-state index contributed by atoms with van der Waals surface area (Å²) < 4.78 is 59.1. The Hall–Kier alpha value is -1.94. The van der Waals surface area contributed by atoms with Crippen LogP contribution in [0.2, 0.25) is 0 Å². The molecule has 0 aliphatic carbocycles. The SMILES string of the molecule is CC/C=C\C/C=C\C/C=C\CCCCCC(=O)OC(COCCCCCCCCCCCC/C=C\CCCCCCCCCC)COC1OC(CO)C(O)C(OS(=O)(=O)O)C1O. The normalized spacial score (nSPS) is 20.4. The third kappa shape index (κ3) is 33.6. The van der Waals surface area contributed by atoms with Gasteiger partial charge in [0.25, 0.3) is 0 Å². The van der Waals surface area contributed by atoms with Gasteiger partial charge < -0.3 is 34.3 Å². The zero-order valence-corrected chi connectivity index (χ0v) is 39.5. The summed E-state index contributed by atoms with van der Waals surface area (Å²) in [5, 5.41) is 30.7. The standard InChI is InChI=1S/C49H88O12S/c1-3-5-7-9-11-13-15-17-18-19-20-21-22-23-24-25-27-29-31-33-35-37-39-57-41-43(42-58-49-47(53)48(61-62(54,55)56)46(52)44(40-50)60-49)59-45(51)38-36-34-32-30-28-26-16-14-12-10-8-6-4-2/h6,8,12,14,19-20,26,28,43-44,46-50,52-53H,3-5,7,9-11,13,15-18,21-25,27,29-42H2,1-2H3,(H,54,55,56)/b8-6-,14-12-,20-19-,28-26-. The van der Waals surface area contributed by atoms with Crippen molar-refractivity contribution in [1.29, 1.82) is 0 Å². The number of hydrogen-bond donors (Lipinski definition) is 4. The summed E-state index contributed by atoms with van der Waals surface area (Å²) in [7, 11) is -5.07. The summed E-state index contributed by atoms with van der Waals surface area (Å²) >= 11 is 0. The molecule has 1 rings (SSSR count). The second-order valence-electron chi connectivity index (χ2n) is 16.7. The van der Waals surface area contributed by atoms with Gasteiger partial charge in [-0.2, -0.15) is 8.42 Å². The molecule has 13 heteroatoms. The minimum absolute atomic E-state index is 0.0226. The highest BCUT2D eigenvalue weighted by atomic mass is 32.3. The van der Waals surface area contributed by atoms with Crippen molar-refractivity contribution in [3.05, 3.63) is 48.6 Å². The number of unbranched alkanes of at least 4 members (excludes halogenated alkanes) is 21. The minimum atomic E-state index is -5.07. The number of aliphatic hydroxyl groups excluding tert-OH is 3. The maximum Gasteiger partial charge on any atom is 0.397 e. The van der Waals surface area contributed by atoms with Gasteiger partial charge >= 0.3 is 16.4 Å². The van der Waals surface area contributed by atoms with E-state index in [1.807, 2.05) is 0 Å². The van der Waals surface area contributed by atoms with E-state index in [1.165, 1.54) is 109 Å². The molecular weight excluding hydrogens is 813 g/mol. The van der Waals surface area contributed by atoms with Gasteiger partial charge in [0.1, 0.15) is 30.5 Å². The summed E-state index contributed by atoms with van der Waals surface area (Å²) in [5.74, 6) is -0.428. The van der Waals surface area contributed by atoms with Gasteiger partial charge in [-0.3, -0.25) is 9.35 Å². The molecule has 6 atom stereocenters. The Morgan fingerprint density at radius 3 is 1.65 bits per heavy atom. The van der Waals surface area contributed by atoms with E-state index in [0.717, 1.165) is 57.8 Å². The van der Waals surface area contributed by atoms with Gasteiger partial charge in [-0.15, -0.1) is 0 Å². The third-order valence-electron chi connectivity index (χ3n) is 10.9. The van der Waals surface area contributed by atoms with Crippen molar-refractivity contribution in [2.24, 2.45) is 0 Å². The van der Waals surface area contributed by atoms with Crippen LogP contribution in [-0.2, 0) is 38.3 Å². The Balaban J connectivity index is 2.36. The van der Waals surface area contributed by atoms with Gasteiger partial charge in [0.15, 0.2) is 6.29 Å². The molecule has 1 fully saturated rings. The first-order chi connectivity index (χ1) is 30.1. The molecule has 0 aromatic carbocycles. The van der Waals surface area contributed by atoms with Gasteiger partial charge in [0.2, 0.25) is 0 Å². The average Bonchev–Trinajstić information content (AvgIpc) is 3.24. The maximum atomic E-state index is 12.8. The van der Waals surface area contributed by atoms with Gasteiger partial charge in [0.05, 0.1) is 19.8 Å². The van der Waals surface area contributed by atoms with E-state index >= 15 is 0 Å². The number of carbonyl (C=O) groups excluding carboxylic acids is 1. The summed E-state index contributed by atoms with van der Waals surface area (Å²) in [6.07, 6.45) is 40.1. The Morgan fingerprint density at radius 1 is 0.629 bits per heavy atom. The van der Waals surface area contributed by atoms with Crippen LogP contribution >= 0.6 is 0 Å². The average molecular weight is 901 g/mol. The number of carbonyl (C=O) groups is 1. The second kappa shape index (κ2) is 40.6. The van der Waals surface area contributed by atoms with E-state index in [1.54, 1.807) is 0 Å². The van der Waals surface area contributed by atoms with Crippen molar-refractivity contribution < 1.29 is 56.2 Å². The molecule has 6 unspecified atom stereocenters. The molecule has 0 radical (unpaired) electrons. The van der Waals surface area contributed by atoms with Gasteiger partial charge in [-0.25, -0.2) is 4.18 Å². The summed E-state index contributed by atoms with van der Waals surface area (Å²) in [5.41, 5.74) is 0. The number of esters is 1. The first-order valence-electron chi connectivity index (χ1n) is 24.4. The highest BCUT2D eigenvalue weighted by Gasteiger charge is 2.48. The zero-order chi connectivity index (χ0) is 45.4. The molecule has 0 spiro atoms. The van der Waals surface area contributed by atoms with Gasteiger partial charge in [-0.05, 0) is 70.6 Å². The fourth-order valence-corrected chi connectivity index (χ4v) is 7.78. The minimum Gasteiger partial charge on any atom is -0.457 e. The molecule has 362 valence electrons. The predicted octanol–water partition coefficient (Wildman–Crippen LogP) is 10.7. The van der Waals surface area contributed by atoms with Crippen molar-refractivity contribution in [2.45, 2.75) is 230 Å². The van der Waals surface area contributed by atoms with Crippen molar-refractivity contribution >= 4 is 16.4 Å². The third-order valence-corrected chi connectivity index (χ3v) is 11.4. The van der Waals surface area contributed by atoms with Crippen LogP contribution in [0.1, 0.15) is 194 Å². The lowest BCUT2D eigenvalue weighted by atomic mass is 9.99. The summed E-state index contributed by atoms with van der Waals surface area (Å²) in [6, 6.07) is 0. The molecule has 12 nitrogen and oxygen atoms in total. The molecule has 4 N–H and O–H groups in total. The van der Waals surface area contributed by atoms with E-state index in [4.69, 9.17) is 23.5 Å². The number of ether oxygens (including phenoxy) is 4. The Kier molecular flexibility index (Phi) is 38.0. The smallest absolute Gasteiger partial charge is 0.397 e. The molecule has 0 aromatic heterocycles. The van der Waals surface area contributed by atoms with Crippen molar-refractivity contribution in [3.63, 3.8) is 0 Å². The Bertz CT molecular complexity index is 1270. The highest BCUT2D eigenvalue weighted by molar-refractivity contribution is 7.80. The molecule has 1 heterocycles. The van der Waals surface area contributed by atoms with Crippen LogP contribution < -0.4 is 0 Å². The molecule has 0 amide bonds. The molecule has 1 aliphatic heterocycles. The van der Waals surface area contributed by atoms with E-state index in [0.29, 0.717) is 13.0 Å². The fourth-order valence-electron chi connectivity index (χ4n) is 7.27. The summed E-state index contributed by atoms with van der Waals surface area (Å²) in [4.78, 5) is 12.8. The molecular formula is C49H88O12S. The van der Waals surface area contributed by atoms with E-state index < -0.39 is 59.8 Å². The van der Waals surface area contributed by atoms with E-state index in [2.05, 4.69) is 66.6 Å². The number of rotatable bonds is 42. The Labute approximate surface area is 376 Å². The lowest BCUT2D eigenvalue weighted by Gasteiger charge is -2.41. The van der Waals surface area contributed by atoms with Crippen LogP contribution in [0.5, 0.6) is 0 Å². The van der Waals surface area contributed by atoms with E-state index in [9.17, 15) is 28.5 Å². The molecule has 62 heavy (non-hydrogen) atoms. The number of aliphatic hydroxyl groups is 3. The maximum absolute atomic E-state index is 12.8. The lowest BCUT2D eigenvalue weighted by Crippen LogP contribution is -2.60. The first kappa shape index (κ1) is 58.1. The van der Waals surface area contributed by atoms with Crippen LogP contribution in [0.3, 0.4) is 0 Å². The first-order valence-corrected chi connectivity index (χ1v) is 25.8. The Morgan fingerprint density at radius 2 is 1.11 bits per heavy atom. The van der Waals surface area contributed by atoms with Gasteiger partial charge in [-0.1, -0.05) is 165 Å². The molecule has 0 saturated carbocycles. The van der Waals surface area contributed by atoms with Gasteiger partial charge in [0, 0.05) is 13.0 Å². The van der Waals surface area contributed by atoms with Crippen LogP contribution in [0.25, 0.3) is 0 Å². The monoisotopic (exact) mass is 901 g/mol. The van der Waals surface area contributed by atoms with Crippen molar-refractivity contribution in [2.75, 3.05) is 26.4 Å². The lowest BCUT2D eigenvalue weighted by molar-refractivity contribution is -0.301. The quantitative estimate of drug-likeness (QED) is 0.0198. The summed E-state index contributed by atoms with van der Waals surface area (Å²) in [6.45, 7) is 3.84. The molecule has 1 saturated heterocycles. The molecule has 0 aromatic rings. The van der Waals surface area contributed by atoms with Crippen LogP contribution in [0, 0.1) is 0 Å². The molecule has 1 aliphatic rings. The van der Waals surface area contributed by atoms with Crippen molar-refractivity contribution in [3.8, 4) is 0 Å². The topological polar surface area (TPSA) is 178 Å². The fraction of sp³-hybridized carbons (Fsp3) is 0.816. The number of hydrogen-bond acceptors (Lipinski definition) is 11. The second-order valence-corrected chi connectivity index (χ2v) is 17.7.